The van der Waals surface area contributed by atoms with E-state index in [1.54, 1.807) is 70.5 Å². The number of aromatic nitrogens is 1. The van der Waals surface area contributed by atoms with Gasteiger partial charge in [-0.1, -0.05) is 29.1 Å². The van der Waals surface area contributed by atoms with E-state index in [4.69, 9.17) is 32.7 Å². The van der Waals surface area contributed by atoms with Crippen LogP contribution in [0.4, 0.5) is 0 Å². The lowest BCUT2D eigenvalue weighted by atomic mass is 9.90. The summed E-state index contributed by atoms with van der Waals surface area (Å²) in [6.07, 6.45) is 3.06. The van der Waals surface area contributed by atoms with E-state index in [0.29, 0.717) is 60.0 Å². The van der Waals surface area contributed by atoms with E-state index in [-0.39, 0.29) is 11.8 Å². The number of rotatable bonds is 3. The standard InChI is InChI=1S/C29H25Cl2N3O4/c30-23-7-2-21(3-8-23)4-13-27(35)33-16-17-37-29(19-33)14-1-15-34(20-29)28(36)22-5-10-25(11-6-22)38-26-12-9-24(31)18-32-26/h2-3,5-12,18H,1,14-17,19-20H2. The molecule has 1 unspecified atom stereocenters. The van der Waals surface area contributed by atoms with E-state index in [9.17, 15) is 9.59 Å². The average Bonchev–Trinajstić information content (AvgIpc) is 2.94. The molecule has 0 bridgehead atoms. The smallest absolute Gasteiger partial charge is 0.299 e. The summed E-state index contributed by atoms with van der Waals surface area (Å²) in [6.45, 7) is 2.30. The molecule has 2 saturated heterocycles. The van der Waals surface area contributed by atoms with Crippen LogP contribution >= 0.6 is 23.2 Å². The van der Waals surface area contributed by atoms with Crippen LogP contribution in [0.2, 0.25) is 10.0 Å². The van der Waals surface area contributed by atoms with Gasteiger partial charge in [-0.2, -0.15) is 0 Å². The molecule has 0 radical (unpaired) electrons. The Labute approximate surface area is 231 Å². The number of likely N-dealkylation sites (tertiary alicyclic amines) is 1. The number of piperidine rings is 1. The van der Waals surface area contributed by atoms with Crippen molar-refractivity contribution in [2.24, 2.45) is 0 Å². The Bertz CT molecular complexity index is 1360. The summed E-state index contributed by atoms with van der Waals surface area (Å²) in [5.74, 6) is 6.28. The number of carbonyl (C=O) groups is 2. The third-order valence-corrected chi connectivity index (χ3v) is 7.02. The molecule has 38 heavy (non-hydrogen) atoms. The Balaban J connectivity index is 1.22. The highest BCUT2D eigenvalue weighted by atomic mass is 35.5. The molecule has 2 aliphatic rings. The van der Waals surface area contributed by atoms with Crippen molar-refractivity contribution in [3.8, 4) is 23.5 Å². The van der Waals surface area contributed by atoms with Crippen LogP contribution in [0.15, 0.2) is 66.9 Å². The van der Waals surface area contributed by atoms with E-state index < -0.39 is 5.60 Å². The predicted octanol–water partition coefficient (Wildman–Crippen LogP) is 5.07. The van der Waals surface area contributed by atoms with Gasteiger partial charge in [0.1, 0.15) is 11.4 Å². The molecule has 2 fully saturated rings. The van der Waals surface area contributed by atoms with Crippen LogP contribution in [0, 0.1) is 11.8 Å². The Morgan fingerprint density at radius 2 is 1.66 bits per heavy atom. The highest BCUT2D eigenvalue weighted by molar-refractivity contribution is 6.30. The van der Waals surface area contributed by atoms with E-state index in [0.717, 1.165) is 18.4 Å². The number of morpholine rings is 1. The van der Waals surface area contributed by atoms with Gasteiger partial charge in [-0.15, -0.1) is 0 Å². The van der Waals surface area contributed by atoms with E-state index in [2.05, 4.69) is 16.8 Å². The van der Waals surface area contributed by atoms with Crippen molar-refractivity contribution in [2.75, 3.05) is 32.8 Å². The lowest BCUT2D eigenvalue weighted by Crippen LogP contribution is -2.61. The van der Waals surface area contributed by atoms with Crippen LogP contribution in [0.25, 0.3) is 0 Å². The first-order chi connectivity index (χ1) is 18.4. The second-order valence-corrected chi connectivity index (χ2v) is 10.2. The Hall–Kier alpha value is -3.57. The quantitative estimate of drug-likeness (QED) is 0.426. The molecule has 0 saturated carbocycles. The lowest BCUT2D eigenvalue weighted by molar-refractivity contribution is -0.154. The van der Waals surface area contributed by atoms with Gasteiger partial charge in [-0.05, 0) is 67.4 Å². The Kier molecular flexibility index (Phi) is 7.85. The van der Waals surface area contributed by atoms with Gasteiger partial charge in [-0.3, -0.25) is 9.59 Å². The molecule has 5 rings (SSSR count). The van der Waals surface area contributed by atoms with Crippen molar-refractivity contribution in [3.63, 3.8) is 0 Å². The maximum absolute atomic E-state index is 13.3. The minimum Gasteiger partial charge on any atom is -0.439 e. The second-order valence-electron chi connectivity index (χ2n) is 9.29. The monoisotopic (exact) mass is 549 g/mol. The molecule has 0 N–H and O–H groups in total. The van der Waals surface area contributed by atoms with E-state index in [1.165, 1.54) is 6.20 Å². The van der Waals surface area contributed by atoms with Gasteiger partial charge < -0.3 is 19.3 Å². The number of hydrogen-bond donors (Lipinski definition) is 0. The number of pyridine rings is 1. The minimum absolute atomic E-state index is 0.0881. The van der Waals surface area contributed by atoms with Crippen LogP contribution in [-0.4, -0.2) is 65.0 Å². The van der Waals surface area contributed by atoms with Crippen molar-refractivity contribution in [1.82, 2.24) is 14.8 Å². The Morgan fingerprint density at radius 3 is 2.39 bits per heavy atom. The van der Waals surface area contributed by atoms with Crippen LogP contribution in [0.5, 0.6) is 11.6 Å². The van der Waals surface area contributed by atoms with Gasteiger partial charge in [0.2, 0.25) is 5.88 Å². The molecule has 194 valence electrons. The number of hydrogen-bond acceptors (Lipinski definition) is 5. The van der Waals surface area contributed by atoms with E-state index >= 15 is 0 Å². The molecule has 1 spiro atoms. The summed E-state index contributed by atoms with van der Waals surface area (Å²) in [4.78, 5) is 33.8. The number of nitrogens with zero attached hydrogens (tertiary/aromatic N) is 3. The summed E-state index contributed by atoms with van der Waals surface area (Å²) in [7, 11) is 0. The summed E-state index contributed by atoms with van der Waals surface area (Å²) in [6, 6.07) is 17.4. The van der Waals surface area contributed by atoms with Crippen molar-refractivity contribution in [3.05, 3.63) is 88.0 Å². The second kappa shape index (κ2) is 11.4. The van der Waals surface area contributed by atoms with Gasteiger partial charge >= 0.3 is 0 Å². The van der Waals surface area contributed by atoms with Gasteiger partial charge in [0.15, 0.2) is 0 Å². The number of benzene rings is 2. The predicted molar refractivity (Wildman–Crippen MR) is 144 cm³/mol. The summed E-state index contributed by atoms with van der Waals surface area (Å²) in [5.41, 5.74) is 0.671. The zero-order valence-electron chi connectivity index (χ0n) is 20.5. The van der Waals surface area contributed by atoms with Crippen molar-refractivity contribution >= 4 is 35.0 Å². The van der Waals surface area contributed by atoms with Gasteiger partial charge in [-0.25, -0.2) is 4.98 Å². The molecule has 3 aromatic rings. The van der Waals surface area contributed by atoms with Gasteiger partial charge in [0.25, 0.3) is 11.8 Å². The van der Waals surface area contributed by atoms with Crippen LogP contribution < -0.4 is 4.74 Å². The maximum Gasteiger partial charge on any atom is 0.299 e. The SMILES string of the molecule is O=C(C#Cc1ccc(Cl)cc1)N1CCOC2(CCCN(C(=O)c3ccc(Oc4ccc(Cl)cn4)cc3)C2)C1. The fourth-order valence-corrected chi connectivity index (χ4v) is 4.90. The number of carbonyl (C=O) groups excluding carboxylic acids is 2. The average molecular weight is 550 g/mol. The molecule has 1 atom stereocenters. The number of amides is 2. The first-order valence-electron chi connectivity index (χ1n) is 12.3. The summed E-state index contributed by atoms with van der Waals surface area (Å²) >= 11 is 11.8. The van der Waals surface area contributed by atoms with Crippen LogP contribution in [0.1, 0.15) is 28.8 Å². The van der Waals surface area contributed by atoms with Crippen LogP contribution in [-0.2, 0) is 9.53 Å². The molecule has 3 heterocycles. The molecule has 9 heteroatoms. The number of halogens is 2. The van der Waals surface area contributed by atoms with Crippen molar-refractivity contribution in [2.45, 2.75) is 18.4 Å². The van der Waals surface area contributed by atoms with Crippen molar-refractivity contribution in [1.29, 1.82) is 0 Å². The Morgan fingerprint density at radius 1 is 0.921 bits per heavy atom. The third kappa shape index (κ3) is 6.28. The van der Waals surface area contributed by atoms with Crippen molar-refractivity contribution < 1.29 is 19.1 Å². The molecule has 2 aromatic carbocycles. The van der Waals surface area contributed by atoms with Gasteiger partial charge in [0.05, 0.1) is 24.7 Å². The van der Waals surface area contributed by atoms with Crippen LogP contribution in [0.3, 0.4) is 0 Å². The summed E-state index contributed by atoms with van der Waals surface area (Å²) < 4.78 is 11.9. The number of ether oxygens (including phenoxy) is 2. The fraction of sp³-hybridized carbons (Fsp3) is 0.276. The maximum atomic E-state index is 13.3. The zero-order chi connectivity index (χ0) is 26.5. The normalized spacial score (nSPS) is 19.0. The van der Waals surface area contributed by atoms with Gasteiger partial charge in [0, 0.05) is 47.4 Å². The first kappa shape index (κ1) is 26.1. The third-order valence-electron chi connectivity index (χ3n) is 6.54. The molecular weight excluding hydrogens is 525 g/mol. The zero-order valence-corrected chi connectivity index (χ0v) is 22.0. The highest BCUT2D eigenvalue weighted by Gasteiger charge is 2.42. The highest BCUT2D eigenvalue weighted by Crippen LogP contribution is 2.30. The molecule has 7 nitrogen and oxygen atoms in total. The lowest BCUT2D eigenvalue weighted by Gasteiger charge is -2.47. The molecule has 2 amide bonds. The molecule has 1 aromatic heterocycles. The molecule has 0 aliphatic carbocycles. The summed E-state index contributed by atoms with van der Waals surface area (Å²) in [5, 5.41) is 1.14. The largest absolute Gasteiger partial charge is 0.439 e. The van der Waals surface area contributed by atoms with E-state index in [1.807, 2.05) is 0 Å². The topological polar surface area (TPSA) is 72.0 Å². The minimum atomic E-state index is -0.604. The first-order valence-corrected chi connectivity index (χ1v) is 13.0. The fourth-order valence-electron chi connectivity index (χ4n) is 4.67. The molecule has 2 aliphatic heterocycles. The molecular formula is C29H25Cl2N3O4.